The third-order valence-corrected chi connectivity index (χ3v) is 3.95. The van der Waals surface area contributed by atoms with E-state index in [0.717, 1.165) is 18.8 Å². The van der Waals surface area contributed by atoms with Crippen LogP contribution in [0.3, 0.4) is 0 Å². The van der Waals surface area contributed by atoms with E-state index in [2.05, 4.69) is 44.6 Å². The van der Waals surface area contributed by atoms with Crippen LogP contribution in [0, 0.1) is 0 Å². The highest BCUT2D eigenvalue weighted by atomic mass is 32.1. The largest absolute Gasteiger partial charge is 0.307 e. The standard InChI is InChI=1S/C12H17N5S/c1-9(6-10-4-5-18-8-10)17-12(14-15-16-17)7-13-11-2-3-11/h4-5,8-9,11,13H,2-3,6-7H2,1H3. The highest BCUT2D eigenvalue weighted by molar-refractivity contribution is 7.07. The summed E-state index contributed by atoms with van der Waals surface area (Å²) in [7, 11) is 0. The lowest BCUT2D eigenvalue weighted by atomic mass is 10.1. The van der Waals surface area contributed by atoms with Crippen molar-refractivity contribution in [1.82, 2.24) is 25.5 Å². The van der Waals surface area contributed by atoms with Gasteiger partial charge in [0.05, 0.1) is 12.6 Å². The Morgan fingerprint density at radius 3 is 3.17 bits per heavy atom. The minimum absolute atomic E-state index is 0.297. The lowest BCUT2D eigenvalue weighted by Crippen LogP contribution is -2.21. The van der Waals surface area contributed by atoms with Crippen LogP contribution >= 0.6 is 11.3 Å². The maximum Gasteiger partial charge on any atom is 0.165 e. The summed E-state index contributed by atoms with van der Waals surface area (Å²) in [6.45, 7) is 2.93. The Balaban J connectivity index is 1.64. The summed E-state index contributed by atoms with van der Waals surface area (Å²) < 4.78 is 1.94. The number of nitrogens with one attached hydrogen (secondary N) is 1. The second-order valence-electron chi connectivity index (χ2n) is 4.88. The molecule has 0 bridgehead atoms. The Morgan fingerprint density at radius 1 is 1.56 bits per heavy atom. The third-order valence-electron chi connectivity index (χ3n) is 3.22. The van der Waals surface area contributed by atoms with Gasteiger partial charge in [-0.1, -0.05) is 0 Å². The molecule has 0 aromatic carbocycles. The van der Waals surface area contributed by atoms with E-state index in [1.54, 1.807) is 11.3 Å². The van der Waals surface area contributed by atoms with Crippen LogP contribution < -0.4 is 5.32 Å². The van der Waals surface area contributed by atoms with Crippen LogP contribution in [-0.2, 0) is 13.0 Å². The van der Waals surface area contributed by atoms with E-state index in [1.807, 2.05) is 4.68 Å². The maximum atomic E-state index is 4.11. The van der Waals surface area contributed by atoms with Gasteiger partial charge in [0.1, 0.15) is 0 Å². The Bertz CT molecular complexity index is 488. The number of hydrogen-bond acceptors (Lipinski definition) is 5. The van der Waals surface area contributed by atoms with Gasteiger partial charge in [0.15, 0.2) is 5.82 Å². The molecule has 1 saturated carbocycles. The van der Waals surface area contributed by atoms with Crippen molar-refractivity contribution in [3.63, 3.8) is 0 Å². The summed E-state index contributed by atoms with van der Waals surface area (Å²) in [6.07, 6.45) is 3.54. The Kier molecular flexibility index (Phi) is 3.38. The molecule has 0 radical (unpaired) electrons. The number of tetrazole rings is 1. The fraction of sp³-hybridized carbons (Fsp3) is 0.583. The van der Waals surface area contributed by atoms with E-state index in [0.29, 0.717) is 12.1 Å². The van der Waals surface area contributed by atoms with E-state index >= 15 is 0 Å². The van der Waals surface area contributed by atoms with Gasteiger partial charge in [0.25, 0.3) is 0 Å². The van der Waals surface area contributed by atoms with Gasteiger partial charge in [-0.3, -0.25) is 0 Å². The lowest BCUT2D eigenvalue weighted by molar-refractivity contribution is 0.448. The molecular weight excluding hydrogens is 246 g/mol. The molecule has 1 unspecified atom stereocenters. The normalized spacial score (nSPS) is 16.9. The fourth-order valence-electron chi connectivity index (χ4n) is 2.03. The van der Waals surface area contributed by atoms with Crippen molar-refractivity contribution in [2.24, 2.45) is 0 Å². The van der Waals surface area contributed by atoms with Crippen LogP contribution in [-0.4, -0.2) is 26.2 Å². The molecule has 96 valence electrons. The molecule has 6 heteroatoms. The average Bonchev–Trinajstić information content (AvgIpc) is 2.88. The van der Waals surface area contributed by atoms with Crippen LogP contribution in [0.5, 0.6) is 0 Å². The molecule has 0 amide bonds. The zero-order valence-electron chi connectivity index (χ0n) is 10.4. The topological polar surface area (TPSA) is 55.6 Å². The third kappa shape index (κ3) is 2.76. The highest BCUT2D eigenvalue weighted by Crippen LogP contribution is 2.20. The van der Waals surface area contributed by atoms with E-state index in [1.165, 1.54) is 18.4 Å². The molecule has 1 aliphatic carbocycles. The molecule has 2 aromatic heterocycles. The van der Waals surface area contributed by atoms with E-state index < -0.39 is 0 Å². The van der Waals surface area contributed by atoms with E-state index in [4.69, 9.17) is 0 Å². The van der Waals surface area contributed by atoms with Crippen LogP contribution in [0.1, 0.15) is 37.2 Å². The summed E-state index contributed by atoms with van der Waals surface area (Å²) in [4.78, 5) is 0. The molecule has 2 aromatic rings. The van der Waals surface area contributed by atoms with Gasteiger partial charge in [-0.05, 0) is 59.0 Å². The second kappa shape index (κ2) is 5.16. The number of aromatic nitrogens is 4. The molecule has 0 spiro atoms. The Hall–Kier alpha value is -1.27. The van der Waals surface area contributed by atoms with Gasteiger partial charge in [-0.25, -0.2) is 4.68 Å². The van der Waals surface area contributed by atoms with Crippen molar-refractivity contribution >= 4 is 11.3 Å². The zero-order valence-corrected chi connectivity index (χ0v) is 11.2. The zero-order chi connectivity index (χ0) is 12.4. The lowest BCUT2D eigenvalue weighted by Gasteiger charge is -2.12. The van der Waals surface area contributed by atoms with Crippen molar-refractivity contribution < 1.29 is 0 Å². The molecule has 0 saturated heterocycles. The SMILES string of the molecule is CC(Cc1ccsc1)n1nnnc1CNC1CC1. The van der Waals surface area contributed by atoms with Gasteiger partial charge >= 0.3 is 0 Å². The summed E-state index contributed by atoms with van der Waals surface area (Å²) in [5, 5.41) is 19.8. The maximum absolute atomic E-state index is 4.11. The second-order valence-corrected chi connectivity index (χ2v) is 5.66. The monoisotopic (exact) mass is 263 g/mol. The van der Waals surface area contributed by atoms with Crippen molar-refractivity contribution in [3.8, 4) is 0 Å². The fourth-order valence-corrected chi connectivity index (χ4v) is 2.71. The van der Waals surface area contributed by atoms with Crippen LogP contribution in [0.25, 0.3) is 0 Å². The van der Waals surface area contributed by atoms with Crippen molar-refractivity contribution in [1.29, 1.82) is 0 Å². The molecule has 18 heavy (non-hydrogen) atoms. The average molecular weight is 263 g/mol. The number of rotatable bonds is 6. The highest BCUT2D eigenvalue weighted by Gasteiger charge is 2.22. The van der Waals surface area contributed by atoms with Crippen molar-refractivity contribution in [2.45, 2.75) is 44.8 Å². The summed E-state index contributed by atoms with van der Waals surface area (Å²) in [5.74, 6) is 0.935. The van der Waals surface area contributed by atoms with Gasteiger partial charge in [-0.2, -0.15) is 11.3 Å². The van der Waals surface area contributed by atoms with Gasteiger partial charge in [-0.15, -0.1) is 5.10 Å². The minimum Gasteiger partial charge on any atom is -0.307 e. The van der Waals surface area contributed by atoms with Gasteiger partial charge in [0, 0.05) is 6.04 Å². The van der Waals surface area contributed by atoms with Crippen molar-refractivity contribution in [3.05, 3.63) is 28.2 Å². The number of thiophene rings is 1. The Morgan fingerprint density at radius 2 is 2.44 bits per heavy atom. The predicted octanol–water partition coefficient (Wildman–Crippen LogP) is 1.79. The molecule has 1 fully saturated rings. The smallest absolute Gasteiger partial charge is 0.165 e. The minimum atomic E-state index is 0.297. The first kappa shape index (κ1) is 11.8. The number of hydrogen-bond donors (Lipinski definition) is 1. The molecule has 0 aliphatic heterocycles. The Labute approximate surface area is 110 Å². The molecule has 1 atom stereocenters. The van der Waals surface area contributed by atoms with Crippen LogP contribution in [0.4, 0.5) is 0 Å². The van der Waals surface area contributed by atoms with Gasteiger partial charge in [0.2, 0.25) is 0 Å². The quantitative estimate of drug-likeness (QED) is 0.863. The van der Waals surface area contributed by atoms with E-state index in [9.17, 15) is 0 Å². The summed E-state index contributed by atoms with van der Waals surface area (Å²) >= 11 is 1.73. The summed E-state index contributed by atoms with van der Waals surface area (Å²) in [5.41, 5.74) is 1.35. The molecule has 1 aliphatic rings. The molecule has 1 N–H and O–H groups in total. The number of nitrogens with zero attached hydrogens (tertiary/aromatic N) is 4. The van der Waals surface area contributed by atoms with Crippen LogP contribution in [0.15, 0.2) is 16.8 Å². The molecule has 2 heterocycles. The van der Waals surface area contributed by atoms with Gasteiger partial charge < -0.3 is 5.32 Å². The molecular formula is C12H17N5S. The molecule has 3 rings (SSSR count). The first-order valence-corrected chi connectivity index (χ1v) is 7.28. The predicted molar refractivity (Wildman–Crippen MR) is 70.4 cm³/mol. The summed E-state index contributed by atoms with van der Waals surface area (Å²) in [6, 6.07) is 3.14. The van der Waals surface area contributed by atoms with E-state index in [-0.39, 0.29) is 0 Å². The van der Waals surface area contributed by atoms with Crippen molar-refractivity contribution in [2.75, 3.05) is 0 Å². The molecule has 5 nitrogen and oxygen atoms in total. The first-order valence-electron chi connectivity index (χ1n) is 6.34. The van der Waals surface area contributed by atoms with Crippen LogP contribution in [0.2, 0.25) is 0 Å². The first-order chi connectivity index (χ1) is 8.83.